The van der Waals surface area contributed by atoms with Gasteiger partial charge >= 0.3 is 12.1 Å². The lowest BCUT2D eigenvalue weighted by Crippen LogP contribution is -2.33. The molecule has 47 heavy (non-hydrogen) atoms. The van der Waals surface area contributed by atoms with Crippen molar-refractivity contribution in [1.29, 1.82) is 0 Å². The number of aromatic nitrogens is 4. The van der Waals surface area contributed by atoms with E-state index in [4.69, 9.17) is 15.0 Å². The van der Waals surface area contributed by atoms with Crippen molar-refractivity contribution in [3.63, 3.8) is 0 Å². The van der Waals surface area contributed by atoms with Gasteiger partial charge in [-0.2, -0.15) is 13.2 Å². The Kier molecular flexibility index (Phi) is 11.5. The molecule has 252 valence electrons. The minimum atomic E-state index is -4.48. The minimum Gasteiger partial charge on any atom is -0.487 e. The van der Waals surface area contributed by atoms with Crippen molar-refractivity contribution in [2.75, 3.05) is 6.54 Å². The van der Waals surface area contributed by atoms with Gasteiger partial charge in [0.25, 0.3) is 10.0 Å². The fourth-order valence-electron chi connectivity index (χ4n) is 4.29. The van der Waals surface area contributed by atoms with Crippen LogP contribution < -0.4 is 20.5 Å². The molecule has 5 N–H and O–H groups in total. The van der Waals surface area contributed by atoms with Crippen LogP contribution in [0.15, 0.2) is 53.0 Å². The molecule has 0 aliphatic rings. The molecule has 14 nitrogen and oxygen atoms in total. The van der Waals surface area contributed by atoms with Crippen LogP contribution in [-0.2, 0) is 43.7 Å². The van der Waals surface area contributed by atoms with Gasteiger partial charge in [-0.25, -0.2) is 23.2 Å². The number of nitrogens with zero attached hydrogens (tertiary/aromatic N) is 4. The molecule has 0 saturated carbocycles. The highest BCUT2D eigenvalue weighted by molar-refractivity contribution is 7.91. The number of aliphatic carboxylic acids is 1. The molecule has 0 aliphatic carbocycles. The SMILES string of the molecule is NS(=O)(=O)c1nc2ccc(OCc3cn(C(CCCCNC(=O)CCC(=O)O)C(=O)NCc4ccc(C(F)(F)F)cc4)nn3)cc2s1. The second kappa shape index (κ2) is 15.3. The number of carboxylic acid groups (broad SMARTS) is 1. The van der Waals surface area contributed by atoms with E-state index in [2.05, 4.69) is 25.9 Å². The molecule has 0 aliphatic heterocycles. The fourth-order valence-corrected chi connectivity index (χ4v) is 5.97. The van der Waals surface area contributed by atoms with Gasteiger partial charge in [-0.05, 0) is 55.2 Å². The third kappa shape index (κ3) is 10.4. The molecule has 2 aromatic heterocycles. The first-order chi connectivity index (χ1) is 22.2. The number of carbonyl (C=O) groups excluding carboxylic acids is 2. The van der Waals surface area contributed by atoms with Gasteiger partial charge < -0.3 is 20.5 Å². The zero-order chi connectivity index (χ0) is 34.2. The topological polar surface area (TPSA) is 208 Å². The van der Waals surface area contributed by atoms with Crippen molar-refractivity contribution in [2.45, 2.75) is 61.8 Å². The highest BCUT2D eigenvalue weighted by Crippen LogP contribution is 2.30. The number of sulfonamides is 1. The number of hydrogen-bond donors (Lipinski definition) is 4. The van der Waals surface area contributed by atoms with Gasteiger partial charge in [0.1, 0.15) is 24.1 Å². The van der Waals surface area contributed by atoms with Crippen LogP contribution >= 0.6 is 11.3 Å². The van der Waals surface area contributed by atoms with Crippen LogP contribution in [0.2, 0.25) is 0 Å². The lowest BCUT2D eigenvalue weighted by Gasteiger charge is -2.17. The third-order valence-corrected chi connectivity index (χ3v) is 9.03. The zero-order valence-electron chi connectivity index (χ0n) is 24.6. The van der Waals surface area contributed by atoms with Crippen LogP contribution in [0.4, 0.5) is 13.2 Å². The first-order valence-electron chi connectivity index (χ1n) is 14.1. The maximum atomic E-state index is 13.3. The maximum Gasteiger partial charge on any atom is 0.416 e. The quantitative estimate of drug-likeness (QED) is 0.126. The Labute approximate surface area is 270 Å². The summed E-state index contributed by atoms with van der Waals surface area (Å²) in [5.41, 5.74) is 0.446. The molecule has 2 amide bonds. The largest absolute Gasteiger partial charge is 0.487 e. The number of hydrogen-bond acceptors (Lipinski definition) is 10. The van der Waals surface area contributed by atoms with E-state index in [-0.39, 0.29) is 43.3 Å². The number of amides is 2. The smallest absolute Gasteiger partial charge is 0.416 e. The number of carbonyl (C=O) groups is 3. The second-order valence-electron chi connectivity index (χ2n) is 10.3. The zero-order valence-corrected chi connectivity index (χ0v) is 26.2. The van der Waals surface area contributed by atoms with E-state index in [0.717, 1.165) is 23.5 Å². The first-order valence-corrected chi connectivity index (χ1v) is 16.4. The summed E-state index contributed by atoms with van der Waals surface area (Å²) in [5.74, 6) is -1.55. The number of nitrogens with one attached hydrogen (secondary N) is 2. The van der Waals surface area contributed by atoms with Crippen molar-refractivity contribution in [3.05, 3.63) is 65.5 Å². The summed E-state index contributed by atoms with van der Waals surface area (Å²) in [6.07, 6.45) is -2.21. The van der Waals surface area contributed by atoms with Gasteiger partial charge in [0.05, 0.1) is 28.4 Å². The number of fused-ring (bicyclic) bond motifs is 1. The Morgan fingerprint density at radius 2 is 1.81 bits per heavy atom. The van der Waals surface area contributed by atoms with Crippen molar-refractivity contribution >= 4 is 49.4 Å². The normalized spacial score (nSPS) is 12.5. The predicted molar refractivity (Wildman–Crippen MR) is 161 cm³/mol. The highest BCUT2D eigenvalue weighted by Gasteiger charge is 2.30. The summed E-state index contributed by atoms with van der Waals surface area (Å²) in [4.78, 5) is 39.7. The number of thiazole rings is 1. The molecule has 4 rings (SSSR count). The number of ether oxygens (including phenoxy) is 1. The van der Waals surface area contributed by atoms with Crippen LogP contribution in [0.1, 0.15) is 55.0 Å². The average Bonchev–Trinajstić information content (AvgIpc) is 3.66. The van der Waals surface area contributed by atoms with Crippen LogP contribution in [0.3, 0.4) is 0 Å². The first kappa shape index (κ1) is 35.2. The van der Waals surface area contributed by atoms with E-state index in [1.54, 1.807) is 18.2 Å². The van der Waals surface area contributed by atoms with Gasteiger partial charge in [0, 0.05) is 19.5 Å². The molecule has 19 heteroatoms. The molecular formula is C28H30F3N7O7S2. The summed E-state index contributed by atoms with van der Waals surface area (Å²) < 4.78 is 69.4. The van der Waals surface area contributed by atoms with Crippen molar-refractivity contribution in [2.24, 2.45) is 5.14 Å². The highest BCUT2D eigenvalue weighted by atomic mass is 32.2. The van der Waals surface area contributed by atoms with Crippen LogP contribution in [0.5, 0.6) is 5.75 Å². The summed E-state index contributed by atoms with van der Waals surface area (Å²) >= 11 is 0.895. The van der Waals surface area contributed by atoms with Gasteiger partial charge in [-0.3, -0.25) is 14.4 Å². The summed E-state index contributed by atoms with van der Waals surface area (Å²) in [7, 11) is -3.96. The predicted octanol–water partition coefficient (Wildman–Crippen LogP) is 3.14. The van der Waals surface area contributed by atoms with E-state index >= 15 is 0 Å². The molecule has 1 unspecified atom stereocenters. The number of carboxylic acids is 1. The number of benzene rings is 2. The van der Waals surface area contributed by atoms with Gasteiger partial charge in [-0.15, -0.1) is 16.4 Å². The molecular weight excluding hydrogens is 667 g/mol. The summed E-state index contributed by atoms with van der Waals surface area (Å²) in [6.45, 7) is 0.178. The lowest BCUT2D eigenvalue weighted by molar-refractivity contribution is -0.139. The van der Waals surface area contributed by atoms with Crippen molar-refractivity contribution in [1.82, 2.24) is 30.6 Å². The number of primary sulfonamides is 1. The number of halogens is 3. The maximum absolute atomic E-state index is 13.3. The van der Waals surface area contributed by atoms with E-state index in [9.17, 15) is 36.0 Å². The second-order valence-corrected chi connectivity index (χ2v) is 13.1. The molecule has 2 heterocycles. The van der Waals surface area contributed by atoms with E-state index in [0.29, 0.717) is 40.1 Å². The Hall–Kier alpha value is -4.62. The molecule has 4 aromatic rings. The lowest BCUT2D eigenvalue weighted by atomic mass is 10.1. The Balaban J connectivity index is 1.39. The Bertz CT molecular complexity index is 1830. The monoisotopic (exact) mass is 697 g/mol. The number of rotatable bonds is 16. The van der Waals surface area contributed by atoms with Crippen molar-refractivity contribution in [3.8, 4) is 5.75 Å². The fraction of sp³-hybridized carbons (Fsp3) is 0.357. The number of nitrogens with two attached hydrogens (primary N) is 1. The van der Waals surface area contributed by atoms with E-state index in [1.165, 1.54) is 23.0 Å². The molecule has 0 bridgehead atoms. The van der Waals surface area contributed by atoms with Crippen LogP contribution in [0.25, 0.3) is 10.2 Å². The standard InChI is InChI=1S/C28H30F3N7O7S2/c29-28(30,31)18-6-4-17(5-7-18)14-34-26(42)22(3-1-2-12-33-24(39)10-11-25(40)41)38-15-19(36-37-38)16-45-20-8-9-21-23(13-20)46-27(35-21)47(32,43)44/h4-9,13,15,22H,1-3,10-12,14,16H2,(H,33,39)(H,34,42)(H,40,41)(H2,32,43,44). The molecule has 1 atom stereocenters. The van der Waals surface area contributed by atoms with Gasteiger partial charge in [0.2, 0.25) is 16.2 Å². The minimum absolute atomic E-state index is 0.0367. The van der Waals surface area contributed by atoms with Crippen LogP contribution in [0, 0.1) is 0 Å². The van der Waals surface area contributed by atoms with E-state index in [1.807, 2.05) is 0 Å². The molecule has 2 aromatic carbocycles. The summed E-state index contributed by atoms with van der Waals surface area (Å²) in [5, 5.41) is 27.4. The molecule has 0 radical (unpaired) electrons. The van der Waals surface area contributed by atoms with Crippen LogP contribution in [-0.4, -0.2) is 57.8 Å². The Morgan fingerprint density at radius 3 is 2.49 bits per heavy atom. The summed E-state index contributed by atoms with van der Waals surface area (Å²) in [6, 6.07) is 8.32. The Morgan fingerprint density at radius 1 is 1.06 bits per heavy atom. The number of alkyl halides is 3. The molecule has 0 saturated heterocycles. The molecule has 0 spiro atoms. The van der Waals surface area contributed by atoms with E-state index < -0.39 is 45.6 Å². The molecule has 0 fully saturated rings. The average molecular weight is 698 g/mol. The van der Waals surface area contributed by atoms with Crippen molar-refractivity contribution < 1.29 is 45.8 Å². The van der Waals surface area contributed by atoms with Gasteiger partial charge in [-0.1, -0.05) is 17.3 Å². The third-order valence-electron chi connectivity index (χ3n) is 6.69. The van der Waals surface area contributed by atoms with Gasteiger partial charge in [0.15, 0.2) is 0 Å². The number of unbranched alkanes of at least 4 members (excludes halogenated alkanes) is 1.